The van der Waals surface area contributed by atoms with Crippen molar-refractivity contribution in [2.24, 2.45) is 0 Å². The van der Waals surface area contributed by atoms with Crippen molar-refractivity contribution in [3.8, 4) is 0 Å². The molecule has 0 radical (unpaired) electrons. The highest BCUT2D eigenvalue weighted by molar-refractivity contribution is 9.10. The van der Waals surface area contributed by atoms with E-state index in [4.69, 9.17) is 4.74 Å². The van der Waals surface area contributed by atoms with Crippen LogP contribution in [0.25, 0.3) is 0 Å². The van der Waals surface area contributed by atoms with Crippen LogP contribution in [0.15, 0.2) is 28.7 Å². The minimum Gasteiger partial charge on any atom is -0.383 e. The SMILES string of the molecule is COCCNC(=O)N[C@H]1CCN(c2ccccc2Br)C1. The number of nitrogens with zero attached hydrogens (tertiary/aromatic N) is 1. The van der Waals surface area contributed by atoms with Crippen molar-refractivity contribution in [2.45, 2.75) is 12.5 Å². The number of rotatable bonds is 5. The van der Waals surface area contributed by atoms with Crippen LogP contribution in [0.3, 0.4) is 0 Å². The first-order chi connectivity index (χ1) is 9.70. The molecule has 1 saturated heterocycles. The molecule has 2 rings (SSSR count). The molecule has 6 heteroatoms. The Morgan fingerprint density at radius 1 is 1.50 bits per heavy atom. The van der Waals surface area contributed by atoms with Gasteiger partial charge < -0.3 is 20.3 Å². The van der Waals surface area contributed by atoms with Gasteiger partial charge in [0.1, 0.15) is 0 Å². The van der Waals surface area contributed by atoms with Crippen molar-refractivity contribution in [1.29, 1.82) is 0 Å². The Hall–Kier alpha value is -1.27. The van der Waals surface area contributed by atoms with Gasteiger partial charge >= 0.3 is 6.03 Å². The van der Waals surface area contributed by atoms with E-state index >= 15 is 0 Å². The summed E-state index contributed by atoms with van der Waals surface area (Å²) in [5.74, 6) is 0. The molecule has 1 aliphatic rings. The number of nitrogens with one attached hydrogen (secondary N) is 2. The average Bonchev–Trinajstić information content (AvgIpc) is 2.88. The highest BCUT2D eigenvalue weighted by Crippen LogP contribution is 2.28. The monoisotopic (exact) mass is 341 g/mol. The lowest BCUT2D eigenvalue weighted by atomic mass is 10.3. The number of para-hydroxylation sites is 1. The lowest BCUT2D eigenvalue weighted by Crippen LogP contribution is -2.44. The topological polar surface area (TPSA) is 53.6 Å². The number of benzene rings is 1. The Balaban J connectivity index is 1.81. The second-order valence-electron chi connectivity index (χ2n) is 4.78. The third kappa shape index (κ3) is 4.11. The van der Waals surface area contributed by atoms with E-state index in [9.17, 15) is 4.79 Å². The summed E-state index contributed by atoms with van der Waals surface area (Å²) >= 11 is 3.56. The van der Waals surface area contributed by atoms with Gasteiger partial charge in [-0.15, -0.1) is 0 Å². The van der Waals surface area contributed by atoms with Crippen LogP contribution >= 0.6 is 15.9 Å². The highest BCUT2D eigenvalue weighted by atomic mass is 79.9. The Kier molecular flexibility index (Phi) is 5.67. The van der Waals surface area contributed by atoms with Crippen LogP contribution < -0.4 is 15.5 Å². The largest absolute Gasteiger partial charge is 0.383 e. The molecule has 1 heterocycles. The highest BCUT2D eigenvalue weighted by Gasteiger charge is 2.24. The Bertz CT molecular complexity index is 456. The Morgan fingerprint density at radius 2 is 2.30 bits per heavy atom. The molecule has 1 fully saturated rings. The molecule has 2 amide bonds. The number of methoxy groups -OCH3 is 1. The summed E-state index contributed by atoms with van der Waals surface area (Å²) in [6.45, 7) is 2.84. The first-order valence-corrected chi connectivity index (χ1v) is 7.53. The number of urea groups is 1. The number of carbonyl (C=O) groups is 1. The van der Waals surface area contributed by atoms with Crippen molar-refractivity contribution in [3.05, 3.63) is 28.7 Å². The summed E-state index contributed by atoms with van der Waals surface area (Å²) < 4.78 is 5.98. The molecule has 1 aromatic carbocycles. The molecule has 0 unspecified atom stereocenters. The van der Waals surface area contributed by atoms with Crippen LogP contribution in [0.1, 0.15) is 6.42 Å². The fourth-order valence-corrected chi connectivity index (χ4v) is 2.84. The summed E-state index contributed by atoms with van der Waals surface area (Å²) in [6.07, 6.45) is 0.957. The van der Waals surface area contributed by atoms with Crippen LogP contribution in [-0.2, 0) is 4.74 Å². The zero-order chi connectivity index (χ0) is 14.4. The van der Waals surface area contributed by atoms with Gasteiger partial charge in [-0.2, -0.15) is 0 Å². The number of amides is 2. The number of ether oxygens (including phenoxy) is 1. The minimum atomic E-state index is -0.124. The number of carbonyl (C=O) groups excluding carboxylic acids is 1. The lowest BCUT2D eigenvalue weighted by Gasteiger charge is -2.20. The molecule has 0 aliphatic carbocycles. The normalized spacial score (nSPS) is 18.1. The van der Waals surface area contributed by atoms with Crippen molar-refractivity contribution in [1.82, 2.24) is 10.6 Å². The van der Waals surface area contributed by atoms with Gasteiger partial charge in [0.2, 0.25) is 0 Å². The van der Waals surface area contributed by atoms with Crippen LogP contribution in [0.4, 0.5) is 10.5 Å². The van der Waals surface area contributed by atoms with Gasteiger partial charge in [-0.1, -0.05) is 12.1 Å². The number of hydrogen-bond donors (Lipinski definition) is 2. The molecule has 0 bridgehead atoms. The minimum absolute atomic E-state index is 0.124. The van der Waals surface area contributed by atoms with Crippen molar-refractivity contribution >= 4 is 27.6 Å². The van der Waals surface area contributed by atoms with Crippen molar-refractivity contribution in [2.75, 3.05) is 38.3 Å². The fourth-order valence-electron chi connectivity index (χ4n) is 2.31. The van der Waals surface area contributed by atoms with E-state index in [1.54, 1.807) is 7.11 Å². The summed E-state index contributed by atoms with van der Waals surface area (Å²) in [6, 6.07) is 8.21. The van der Waals surface area contributed by atoms with Crippen LogP contribution in [-0.4, -0.2) is 45.4 Å². The van der Waals surface area contributed by atoms with E-state index in [1.807, 2.05) is 18.2 Å². The van der Waals surface area contributed by atoms with Crippen LogP contribution in [0, 0.1) is 0 Å². The summed E-state index contributed by atoms with van der Waals surface area (Å²) in [7, 11) is 1.62. The zero-order valence-corrected chi connectivity index (χ0v) is 13.1. The van der Waals surface area contributed by atoms with Gasteiger partial charge in [-0.05, 0) is 34.5 Å². The summed E-state index contributed by atoms with van der Waals surface area (Å²) in [5, 5.41) is 5.77. The Labute approximate surface area is 127 Å². The molecule has 20 heavy (non-hydrogen) atoms. The van der Waals surface area contributed by atoms with E-state index in [0.717, 1.165) is 24.0 Å². The molecule has 1 aromatic rings. The molecule has 0 aromatic heterocycles. The number of hydrogen-bond acceptors (Lipinski definition) is 3. The van der Waals surface area contributed by atoms with E-state index in [1.165, 1.54) is 5.69 Å². The van der Waals surface area contributed by atoms with Crippen molar-refractivity contribution < 1.29 is 9.53 Å². The van der Waals surface area contributed by atoms with Gasteiger partial charge in [0, 0.05) is 37.3 Å². The molecule has 1 aliphatic heterocycles. The smallest absolute Gasteiger partial charge is 0.315 e. The van der Waals surface area contributed by atoms with Crippen LogP contribution in [0.5, 0.6) is 0 Å². The van der Waals surface area contributed by atoms with Gasteiger partial charge in [0.15, 0.2) is 0 Å². The molecule has 2 N–H and O–H groups in total. The van der Waals surface area contributed by atoms with Gasteiger partial charge in [0.25, 0.3) is 0 Å². The average molecular weight is 342 g/mol. The Morgan fingerprint density at radius 3 is 3.05 bits per heavy atom. The zero-order valence-electron chi connectivity index (χ0n) is 11.6. The molecule has 1 atom stereocenters. The molecular formula is C14H20BrN3O2. The predicted molar refractivity (Wildman–Crippen MR) is 83.2 cm³/mol. The van der Waals surface area contributed by atoms with Gasteiger partial charge in [-0.3, -0.25) is 0 Å². The van der Waals surface area contributed by atoms with E-state index in [2.05, 4.69) is 37.5 Å². The second-order valence-corrected chi connectivity index (χ2v) is 5.63. The first kappa shape index (κ1) is 15.1. The molecular weight excluding hydrogens is 322 g/mol. The predicted octanol–water partition coefficient (Wildman–Crippen LogP) is 1.97. The number of halogens is 1. The molecule has 110 valence electrons. The number of anilines is 1. The van der Waals surface area contributed by atoms with E-state index < -0.39 is 0 Å². The molecule has 0 saturated carbocycles. The van der Waals surface area contributed by atoms with E-state index in [-0.39, 0.29) is 12.1 Å². The van der Waals surface area contributed by atoms with Gasteiger partial charge in [0.05, 0.1) is 12.3 Å². The van der Waals surface area contributed by atoms with Crippen LogP contribution in [0.2, 0.25) is 0 Å². The molecule has 5 nitrogen and oxygen atoms in total. The standard InChI is InChI=1S/C14H20BrN3O2/c1-20-9-7-16-14(19)17-11-6-8-18(10-11)13-5-3-2-4-12(13)15/h2-5,11H,6-10H2,1H3,(H2,16,17,19)/t11-/m0/s1. The fraction of sp³-hybridized carbons (Fsp3) is 0.500. The first-order valence-electron chi connectivity index (χ1n) is 6.73. The summed E-state index contributed by atoms with van der Waals surface area (Å²) in [5.41, 5.74) is 1.18. The molecule has 0 spiro atoms. The second kappa shape index (κ2) is 7.50. The van der Waals surface area contributed by atoms with Crippen molar-refractivity contribution in [3.63, 3.8) is 0 Å². The van der Waals surface area contributed by atoms with Gasteiger partial charge in [-0.25, -0.2) is 4.79 Å². The third-order valence-corrected chi connectivity index (χ3v) is 3.98. The summed E-state index contributed by atoms with van der Waals surface area (Å²) in [4.78, 5) is 14.0. The third-order valence-electron chi connectivity index (χ3n) is 3.31. The maximum atomic E-state index is 11.7. The maximum absolute atomic E-state index is 11.7. The maximum Gasteiger partial charge on any atom is 0.315 e. The lowest BCUT2D eigenvalue weighted by molar-refractivity contribution is 0.195. The van der Waals surface area contributed by atoms with E-state index in [0.29, 0.717) is 13.2 Å². The quantitative estimate of drug-likeness (QED) is 0.805.